The van der Waals surface area contributed by atoms with Gasteiger partial charge >= 0.3 is 11.9 Å². The molecular formula is C26H24N2O4S. The van der Waals surface area contributed by atoms with Gasteiger partial charge in [-0.05, 0) is 36.1 Å². The van der Waals surface area contributed by atoms with Crippen LogP contribution in [0.1, 0.15) is 36.3 Å². The molecule has 4 rings (SSSR count). The fraction of sp³-hybridized carbons (Fsp3) is 0.192. The highest BCUT2D eigenvalue weighted by Gasteiger charge is 2.49. The number of hydrogen-bond acceptors (Lipinski definition) is 4. The first-order valence-corrected chi connectivity index (χ1v) is 11.5. The van der Waals surface area contributed by atoms with E-state index in [0.717, 1.165) is 16.6 Å². The first-order valence-electron chi connectivity index (χ1n) is 10.7. The zero-order valence-corrected chi connectivity index (χ0v) is 18.7. The number of aliphatic carboxylic acids is 2. The van der Waals surface area contributed by atoms with Gasteiger partial charge in [0.1, 0.15) is 0 Å². The monoisotopic (exact) mass is 460 g/mol. The number of benzene rings is 3. The van der Waals surface area contributed by atoms with E-state index in [1.807, 2.05) is 84.9 Å². The minimum atomic E-state index is -1.42. The average Bonchev–Trinajstić information content (AvgIpc) is 3.24. The highest BCUT2D eigenvalue weighted by molar-refractivity contribution is 8.00. The number of para-hydroxylation sites is 2. The maximum atomic E-state index is 13.2. The zero-order valence-electron chi connectivity index (χ0n) is 17.8. The second-order valence-electron chi connectivity index (χ2n) is 7.82. The van der Waals surface area contributed by atoms with Gasteiger partial charge in [0.2, 0.25) is 0 Å². The summed E-state index contributed by atoms with van der Waals surface area (Å²) in [7, 11) is 0. The molecule has 0 saturated carbocycles. The number of rotatable bonds is 10. The van der Waals surface area contributed by atoms with E-state index >= 15 is 0 Å². The van der Waals surface area contributed by atoms with Crippen LogP contribution in [-0.4, -0.2) is 32.1 Å². The maximum Gasteiger partial charge on any atom is 0.325 e. The average molecular weight is 461 g/mol. The molecule has 7 heteroatoms. The molecule has 0 aliphatic rings. The van der Waals surface area contributed by atoms with Gasteiger partial charge in [-0.3, -0.25) is 9.59 Å². The van der Waals surface area contributed by atoms with Gasteiger partial charge in [0.05, 0.1) is 11.0 Å². The quantitative estimate of drug-likeness (QED) is 0.263. The van der Waals surface area contributed by atoms with Crippen molar-refractivity contribution in [3.8, 4) is 0 Å². The summed E-state index contributed by atoms with van der Waals surface area (Å²) in [6, 6.07) is 26.2. The number of aromatic nitrogens is 2. The number of carboxylic acid groups (broad SMARTS) is 2. The fourth-order valence-corrected chi connectivity index (χ4v) is 5.56. The third kappa shape index (κ3) is 4.78. The van der Waals surface area contributed by atoms with E-state index in [2.05, 4.69) is 9.97 Å². The molecule has 3 N–H and O–H groups in total. The smallest absolute Gasteiger partial charge is 0.325 e. The number of nitrogens with zero attached hydrogens (tertiary/aromatic N) is 1. The largest absolute Gasteiger partial charge is 0.481 e. The number of carboxylic acids is 2. The molecule has 33 heavy (non-hydrogen) atoms. The molecular weight excluding hydrogens is 436 g/mol. The Balaban J connectivity index is 1.87. The molecule has 0 aliphatic carbocycles. The number of carbonyl (C=O) groups is 2. The van der Waals surface area contributed by atoms with Crippen molar-refractivity contribution in [2.45, 2.75) is 35.1 Å². The Morgan fingerprint density at radius 3 is 2.18 bits per heavy atom. The molecule has 2 atom stereocenters. The summed E-state index contributed by atoms with van der Waals surface area (Å²) < 4.78 is -1.42. The summed E-state index contributed by atoms with van der Waals surface area (Å²) in [5, 5.41) is 20.5. The van der Waals surface area contributed by atoms with Gasteiger partial charge in [-0.25, -0.2) is 4.98 Å². The van der Waals surface area contributed by atoms with Crippen LogP contribution in [0.25, 0.3) is 11.0 Å². The molecule has 6 nitrogen and oxygen atoms in total. The van der Waals surface area contributed by atoms with Gasteiger partial charge < -0.3 is 15.2 Å². The first-order chi connectivity index (χ1) is 16.0. The standard InChI is InChI=1S/C26H24N2O4S/c29-23(30)17-9-14-20(18-10-3-1-4-11-18)26(24(31)32,19-12-5-2-6-13-19)33-25-27-21-15-7-8-16-22(21)28-25/h1-8,10-13,15-16,20H,9,14,17H2,(H,27,28)(H,29,30)(H,31,32). The number of fused-ring (bicyclic) bond motifs is 1. The molecule has 0 radical (unpaired) electrons. The van der Waals surface area contributed by atoms with E-state index in [1.54, 1.807) is 0 Å². The minimum absolute atomic E-state index is 0.0247. The van der Waals surface area contributed by atoms with E-state index in [4.69, 9.17) is 0 Å². The highest BCUT2D eigenvalue weighted by Crippen LogP contribution is 2.52. The summed E-state index contributed by atoms with van der Waals surface area (Å²) in [4.78, 5) is 32.3. The van der Waals surface area contributed by atoms with Gasteiger partial charge in [-0.1, -0.05) is 84.6 Å². The van der Waals surface area contributed by atoms with Crippen LogP contribution in [0.15, 0.2) is 90.1 Å². The molecule has 3 aromatic carbocycles. The van der Waals surface area contributed by atoms with Crippen molar-refractivity contribution in [3.05, 3.63) is 96.1 Å². The Hall–Kier alpha value is -3.58. The third-order valence-electron chi connectivity index (χ3n) is 5.72. The van der Waals surface area contributed by atoms with Gasteiger partial charge in [-0.2, -0.15) is 0 Å². The summed E-state index contributed by atoms with van der Waals surface area (Å²) in [5.74, 6) is -2.38. The number of aromatic amines is 1. The summed E-state index contributed by atoms with van der Waals surface area (Å²) in [6.07, 6.45) is 0.727. The number of hydrogen-bond donors (Lipinski definition) is 3. The van der Waals surface area contributed by atoms with Crippen LogP contribution < -0.4 is 0 Å². The predicted molar refractivity (Wildman–Crippen MR) is 128 cm³/mol. The Kier molecular flexibility index (Phi) is 6.79. The number of imidazole rings is 1. The number of thioether (sulfide) groups is 1. The molecule has 2 unspecified atom stereocenters. The summed E-state index contributed by atoms with van der Waals surface area (Å²) in [5.41, 5.74) is 3.06. The van der Waals surface area contributed by atoms with Crippen molar-refractivity contribution in [3.63, 3.8) is 0 Å². The van der Waals surface area contributed by atoms with Gasteiger partial charge in [-0.15, -0.1) is 0 Å². The van der Waals surface area contributed by atoms with E-state index < -0.39 is 22.6 Å². The SMILES string of the molecule is O=C(O)CCCC(c1ccccc1)C(Sc1nc2ccccc2[nH]1)(C(=O)O)c1ccccc1. The van der Waals surface area contributed by atoms with Crippen LogP contribution in [0.4, 0.5) is 0 Å². The second-order valence-corrected chi connectivity index (χ2v) is 9.05. The Bertz CT molecular complexity index is 1210. The third-order valence-corrected chi connectivity index (χ3v) is 7.13. The Morgan fingerprint density at radius 1 is 0.909 bits per heavy atom. The van der Waals surface area contributed by atoms with Crippen molar-refractivity contribution in [1.29, 1.82) is 0 Å². The topological polar surface area (TPSA) is 103 Å². The predicted octanol–water partition coefficient (Wildman–Crippen LogP) is 5.67. The lowest BCUT2D eigenvalue weighted by molar-refractivity contribution is -0.141. The lowest BCUT2D eigenvalue weighted by Gasteiger charge is -2.37. The normalized spacial score (nSPS) is 13.9. The van der Waals surface area contributed by atoms with Crippen LogP contribution >= 0.6 is 11.8 Å². The van der Waals surface area contributed by atoms with Crippen LogP contribution in [-0.2, 0) is 14.3 Å². The van der Waals surface area contributed by atoms with Crippen molar-refractivity contribution < 1.29 is 19.8 Å². The van der Waals surface area contributed by atoms with E-state index in [1.165, 1.54) is 11.8 Å². The molecule has 0 aliphatic heterocycles. The molecule has 1 heterocycles. The number of nitrogens with one attached hydrogen (secondary N) is 1. The van der Waals surface area contributed by atoms with Crippen LogP contribution in [0, 0.1) is 0 Å². The minimum Gasteiger partial charge on any atom is -0.481 e. The van der Waals surface area contributed by atoms with Gasteiger partial charge in [0.25, 0.3) is 0 Å². The second kappa shape index (κ2) is 9.92. The van der Waals surface area contributed by atoms with E-state index in [0.29, 0.717) is 23.6 Å². The molecule has 0 saturated heterocycles. The maximum absolute atomic E-state index is 13.2. The summed E-state index contributed by atoms with van der Waals surface area (Å²) >= 11 is 1.17. The van der Waals surface area contributed by atoms with Crippen LogP contribution in [0.3, 0.4) is 0 Å². The Morgan fingerprint density at radius 2 is 1.55 bits per heavy atom. The van der Waals surface area contributed by atoms with Crippen LogP contribution in [0.5, 0.6) is 0 Å². The van der Waals surface area contributed by atoms with Crippen molar-refractivity contribution in [2.24, 2.45) is 0 Å². The molecule has 0 fully saturated rings. The molecule has 0 bridgehead atoms. The lowest BCUT2D eigenvalue weighted by Crippen LogP contribution is -2.39. The molecule has 0 spiro atoms. The van der Waals surface area contributed by atoms with Gasteiger partial charge in [0.15, 0.2) is 9.90 Å². The molecule has 1 aromatic heterocycles. The van der Waals surface area contributed by atoms with E-state index in [9.17, 15) is 19.8 Å². The highest BCUT2D eigenvalue weighted by atomic mass is 32.2. The fourth-order valence-electron chi connectivity index (χ4n) is 4.21. The van der Waals surface area contributed by atoms with Crippen LogP contribution in [0.2, 0.25) is 0 Å². The van der Waals surface area contributed by atoms with Gasteiger partial charge in [0, 0.05) is 12.3 Å². The van der Waals surface area contributed by atoms with Crippen molar-refractivity contribution in [1.82, 2.24) is 9.97 Å². The summed E-state index contributed by atoms with van der Waals surface area (Å²) in [6.45, 7) is 0. The number of H-pyrrole nitrogens is 1. The lowest BCUT2D eigenvalue weighted by atomic mass is 9.77. The molecule has 4 aromatic rings. The zero-order chi connectivity index (χ0) is 23.3. The van der Waals surface area contributed by atoms with Crippen molar-refractivity contribution >= 4 is 34.7 Å². The molecule has 0 amide bonds. The Labute approximate surface area is 195 Å². The molecule has 168 valence electrons. The first kappa shape index (κ1) is 22.6. The van der Waals surface area contributed by atoms with E-state index in [-0.39, 0.29) is 6.42 Å². The van der Waals surface area contributed by atoms with Crippen molar-refractivity contribution in [2.75, 3.05) is 0 Å².